The molecule has 3 rings (SSSR count). The maximum absolute atomic E-state index is 9.24. The van der Waals surface area contributed by atoms with Crippen LogP contribution in [-0.2, 0) is 11.3 Å². The van der Waals surface area contributed by atoms with Gasteiger partial charge >= 0.3 is 0 Å². The van der Waals surface area contributed by atoms with E-state index in [1.165, 1.54) is 32.1 Å². The van der Waals surface area contributed by atoms with Gasteiger partial charge in [-0.05, 0) is 56.2 Å². The van der Waals surface area contributed by atoms with Gasteiger partial charge in [-0.3, -0.25) is 0 Å². The summed E-state index contributed by atoms with van der Waals surface area (Å²) in [7, 11) is 0. The Morgan fingerprint density at radius 3 is 2.48 bits per heavy atom. The molecule has 0 aromatic heterocycles. The van der Waals surface area contributed by atoms with Crippen molar-refractivity contribution in [2.45, 2.75) is 70.7 Å². The lowest BCUT2D eigenvalue weighted by atomic mass is 9.98. The van der Waals surface area contributed by atoms with E-state index in [-0.39, 0.29) is 18.3 Å². The van der Waals surface area contributed by atoms with Crippen LogP contribution in [0.4, 0.5) is 0 Å². The zero-order chi connectivity index (χ0) is 14.9. The molecule has 21 heavy (non-hydrogen) atoms. The molecule has 1 unspecified atom stereocenters. The topological polar surface area (TPSA) is 38.7 Å². The molecule has 0 radical (unpaired) electrons. The molecule has 116 valence electrons. The van der Waals surface area contributed by atoms with Crippen molar-refractivity contribution in [1.29, 1.82) is 0 Å². The number of aryl methyl sites for hydroxylation is 2. The van der Waals surface area contributed by atoms with Crippen molar-refractivity contribution in [2.75, 3.05) is 6.61 Å². The summed E-state index contributed by atoms with van der Waals surface area (Å²) in [5.74, 6) is 0.947. The third-order valence-electron chi connectivity index (χ3n) is 4.97. The summed E-state index contributed by atoms with van der Waals surface area (Å²) in [6.45, 7) is 4.79. The summed E-state index contributed by atoms with van der Waals surface area (Å²) < 4.78 is 12.3. The predicted octanol–water partition coefficient (Wildman–Crippen LogP) is 3.67. The van der Waals surface area contributed by atoms with Crippen molar-refractivity contribution < 1.29 is 14.6 Å². The smallest absolute Gasteiger partial charge is 0.125 e. The largest absolute Gasteiger partial charge is 0.490 e. The van der Waals surface area contributed by atoms with Gasteiger partial charge in [0.1, 0.15) is 12.4 Å². The molecule has 1 saturated heterocycles. The molecular weight excluding hydrogens is 264 g/mol. The van der Waals surface area contributed by atoms with Crippen molar-refractivity contribution in [3.63, 3.8) is 0 Å². The minimum Gasteiger partial charge on any atom is -0.490 e. The highest BCUT2D eigenvalue weighted by molar-refractivity contribution is 5.43. The monoisotopic (exact) mass is 290 g/mol. The van der Waals surface area contributed by atoms with E-state index < -0.39 is 0 Å². The van der Waals surface area contributed by atoms with Crippen LogP contribution in [0, 0.1) is 13.8 Å². The van der Waals surface area contributed by atoms with Gasteiger partial charge < -0.3 is 14.6 Å². The van der Waals surface area contributed by atoms with Crippen LogP contribution in [0.3, 0.4) is 0 Å². The first-order valence-electron chi connectivity index (χ1n) is 8.13. The molecule has 1 aromatic carbocycles. The lowest BCUT2D eigenvalue weighted by Gasteiger charge is -2.24. The fourth-order valence-electron chi connectivity index (χ4n) is 3.94. The zero-order valence-electron chi connectivity index (χ0n) is 13.2. The first-order chi connectivity index (χ1) is 10.1. The van der Waals surface area contributed by atoms with Crippen molar-refractivity contribution in [1.82, 2.24) is 0 Å². The molecule has 0 bridgehead atoms. The van der Waals surface area contributed by atoms with E-state index in [0.717, 1.165) is 28.9 Å². The Labute approximate surface area is 127 Å². The number of hydrogen-bond acceptors (Lipinski definition) is 3. The number of benzene rings is 1. The quantitative estimate of drug-likeness (QED) is 0.919. The Bertz CT molecular complexity index is 480. The lowest BCUT2D eigenvalue weighted by molar-refractivity contribution is -0.0510. The summed E-state index contributed by atoms with van der Waals surface area (Å²) in [5, 5.41) is 9.24. The molecule has 3 nitrogen and oxygen atoms in total. The molecule has 1 heterocycles. The van der Waals surface area contributed by atoms with E-state index in [0.29, 0.717) is 6.61 Å². The average Bonchev–Trinajstić information content (AvgIpc) is 3.08. The summed E-state index contributed by atoms with van der Waals surface area (Å²) in [4.78, 5) is 0. The number of ether oxygens (including phenoxy) is 2. The van der Waals surface area contributed by atoms with Gasteiger partial charge in [-0.25, -0.2) is 0 Å². The minimum atomic E-state index is 0.0796. The normalized spacial score (nSPS) is 23.9. The molecule has 2 aliphatic rings. The Balaban J connectivity index is 1.61. The van der Waals surface area contributed by atoms with Crippen LogP contribution >= 0.6 is 0 Å². The van der Waals surface area contributed by atoms with E-state index >= 15 is 0 Å². The summed E-state index contributed by atoms with van der Waals surface area (Å²) in [6, 6.07) is 3.99. The molecule has 1 atom stereocenters. The zero-order valence-corrected chi connectivity index (χ0v) is 13.2. The second kappa shape index (κ2) is 5.98. The van der Waals surface area contributed by atoms with E-state index in [2.05, 4.69) is 0 Å². The second-order valence-corrected chi connectivity index (χ2v) is 6.70. The van der Waals surface area contributed by atoms with Crippen LogP contribution in [0.25, 0.3) is 0 Å². The molecule has 1 aliphatic carbocycles. The highest BCUT2D eigenvalue weighted by Crippen LogP contribution is 2.43. The van der Waals surface area contributed by atoms with Gasteiger partial charge in [0, 0.05) is 0 Å². The number of rotatable bonds is 4. The predicted molar refractivity (Wildman–Crippen MR) is 82.6 cm³/mol. The van der Waals surface area contributed by atoms with Gasteiger partial charge in [-0.1, -0.05) is 25.0 Å². The van der Waals surface area contributed by atoms with Crippen LogP contribution in [0.15, 0.2) is 12.1 Å². The number of aliphatic hydroxyl groups excluding tert-OH is 1. The van der Waals surface area contributed by atoms with Gasteiger partial charge in [-0.2, -0.15) is 0 Å². The van der Waals surface area contributed by atoms with E-state index in [9.17, 15) is 5.11 Å². The molecule has 3 heteroatoms. The van der Waals surface area contributed by atoms with Gasteiger partial charge in [0.05, 0.1) is 18.3 Å². The third kappa shape index (κ3) is 3.09. The van der Waals surface area contributed by atoms with E-state index in [1.807, 2.05) is 26.0 Å². The summed E-state index contributed by atoms with van der Waals surface area (Å²) in [5.41, 5.74) is 3.30. The number of hydrogen-bond donors (Lipinski definition) is 1. The van der Waals surface area contributed by atoms with Crippen LogP contribution in [0.5, 0.6) is 5.75 Å². The van der Waals surface area contributed by atoms with Crippen molar-refractivity contribution >= 4 is 0 Å². The molecule has 1 aromatic rings. The van der Waals surface area contributed by atoms with Crippen molar-refractivity contribution in [3.8, 4) is 5.75 Å². The Morgan fingerprint density at radius 1 is 1.19 bits per heavy atom. The third-order valence-corrected chi connectivity index (χ3v) is 4.97. The summed E-state index contributed by atoms with van der Waals surface area (Å²) >= 11 is 0. The molecule has 1 saturated carbocycles. The first-order valence-corrected chi connectivity index (χ1v) is 8.13. The Kier molecular flexibility index (Phi) is 4.23. The van der Waals surface area contributed by atoms with Gasteiger partial charge in [0.25, 0.3) is 0 Å². The van der Waals surface area contributed by atoms with Gasteiger partial charge in [0.2, 0.25) is 0 Å². The Hall–Kier alpha value is -1.06. The fourth-order valence-corrected chi connectivity index (χ4v) is 3.94. The lowest BCUT2D eigenvalue weighted by Crippen LogP contribution is -2.27. The van der Waals surface area contributed by atoms with Crippen molar-refractivity contribution in [3.05, 3.63) is 28.8 Å². The SMILES string of the molecule is Cc1cc(CO)cc(C)c1OCC1CCC2(CCCC2)O1. The van der Waals surface area contributed by atoms with Crippen LogP contribution in [-0.4, -0.2) is 23.4 Å². The van der Waals surface area contributed by atoms with Crippen LogP contribution < -0.4 is 4.74 Å². The molecule has 2 fully saturated rings. The van der Waals surface area contributed by atoms with Crippen LogP contribution in [0.2, 0.25) is 0 Å². The summed E-state index contributed by atoms with van der Waals surface area (Å²) in [6.07, 6.45) is 7.64. The molecule has 1 N–H and O–H groups in total. The molecular formula is C18H26O3. The highest BCUT2D eigenvalue weighted by Gasteiger charge is 2.42. The average molecular weight is 290 g/mol. The number of aliphatic hydroxyl groups is 1. The second-order valence-electron chi connectivity index (χ2n) is 6.70. The standard InChI is InChI=1S/C18H26O3/c1-13-9-15(11-19)10-14(2)17(13)20-12-16-5-8-18(21-16)6-3-4-7-18/h9-10,16,19H,3-8,11-12H2,1-2H3. The Morgan fingerprint density at radius 2 is 1.86 bits per heavy atom. The molecule has 1 aliphatic heterocycles. The van der Waals surface area contributed by atoms with E-state index in [1.54, 1.807) is 0 Å². The van der Waals surface area contributed by atoms with Crippen LogP contribution in [0.1, 0.15) is 55.2 Å². The van der Waals surface area contributed by atoms with Gasteiger partial charge in [-0.15, -0.1) is 0 Å². The highest BCUT2D eigenvalue weighted by atomic mass is 16.6. The first kappa shape index (κ1) is 14.9. The maximum atomic E-state index is 9.24. The molecule has 1 spiro atoms. The molecule has 0 amide bonds. The van der Waals surface area contributed by atoms with Crippen molar-refractivity contribution in [2.24, 2.45) is 0 Å². The van der Waals surface area contributed by atoms with E-state index in [4.69, 9.17) is 9.47 Å². The maximum Gasteiger partial charge on any atom is 0.125 e. The fraction of sp³-hybridized carbons (Fsp3) is 0.667. The van der Waals surface area contributed by atoms with Gasteiger partial charge in [0.15, 0.2) is 0 Å². The minimum absolute atomic E-state index is 0.0796.